The molecule has 1 aromatic heterocycles. The minimum atomic E-state index is -0.393. The number of amides is 1. The smallest absolute Gasteiger partial charge is 0.265 e. The Hall–Kier alpha value is -1.72. The van der Waals surface area contributed by atoms with E-state index in [1.807, 2.05) is 6.92 Å². The number of hydrogen-bond acceptors (Lipinski definition) is 4. The Morgan fingerprint density at radius 2 is 2.14 bits per heavy atom. The van der Waals surface area contributed by atoms with Gasteiger partial charge in [0.25, 0.3) is 5.91 Å². The molecule has 0 unspecified atom stereocenters. The van der Waals surface area contributed by atoms with Crippen LogP contribution >= 0.6 is 11.3 Å². The first-order chi connectivity index (χ1) is 10.5. The van der Waals surface area contributed by atoms with Crippen molar-refractivity contribution in [2.24, 2.45) is 0 Å². The van der Waals surface area contributed by atoms with E-state index in [1.54, 1.807) is 4.90 Å². The number of carbonyl (C=O) groups is 1. The van der Waals surface area contributed by atoms with Crippen molar-refractivity contribution in [3.63, 3.8) is 0 Å². The summed E-state index contributed by atoms with van der Waals surface area (Å²) in [5, 5.41) is 10.5. The fraction of sp³-hybridized carbons (Fsp3) is 0.412. The minimum absolute atomic E-state index is 0.0115. The molecule has 1 fully saturated rings. The number of nitrogens with zero attached hydrogens (tertiary/aromatic N) is 2. The Kier molecular flexibility index (Phi) is 4.02. The molecule has 4 nitrogen and oxygen atoms in total. The van der Waals surface area contributed by atoms with Crippen LogP contribution in [-0.2, 0) is 0 Å². The van der Waals surface area contributed by atoms with Crippen LogP contribution < -0.4 is 0 Å². The lowest BCUT2D eigenvalue weighted by atomic mass is 10.1. The summed E-state index contributed by atoms with van der Waals surface area (Å²) in [4.78, 5) is 19.6. The molecule has 1 saturated heterocycles. The molecule has 0 bridgehead atoms. The van der Waals surface area contributed by atoms with Gasteiger partial charge in [-0.15, -0.1) is 11.3 Å². The Balaban J connectivity index is 1.92. The highest BCUT2D eigenvalue weighted by Gasteiger charge is 2.28. The number of likely N-dealkylation sites (tertiary alicyclic amines) is 1. The average molecular weight is 316 g/mol. The first kappa shape index (κ1) is 15.2. The second-order valence-electron chi connectivity index (χ2n) is 5.95. The lowest BCUT2D eigenvalue weighted by Gasteiger charge is -2.14. The monoisotopic (exact) mass is 316 g/mol. The number of thiazole rings is 1. The number of aliphatic hydroxyl groups excluding tert-OH is 1. The summed E-state index contributed by atoms with van der Waals surface area (Å²) in [5.41, 5.74) is 4.24. The first-order valence-corrected chi connectivity index (χ1v) is 8.29. The van der Waals surface area contributed by atoms with Crippen LogP contribution in [0.15, 0.2) is 18.2 Å². The van der Waals surface area contributed by atoms with Crippen molar-refractivity contribution in [2.75, 3.05) is 13.1 Å². The molecule has 2 aromatic rings. The van der Waals surface area contributed by atoms with Crippen molar-refractivity contribution >= 4 is 17.2 Å². The normalized spacial score (nSPS) is 18.0. The van der Waals surface area contributed by atoms with Crippen molar-refractivity contribution in [2.45, 2.75) is 33.3 Å². The SMILES string of the molecule is Cc1ccc(-c2nc(C)c(C(=O)N3CC[C@@H](O)C3)s2)c(C)c1. The van der Waals surface area contributed by atoms with E-state index < -0.39 is 6.10 Å². The zero-order chi connectivity index (χ0) is 15.9. The lowest BCUT2D eigenvalue weighted by Crippen LogP contribution is -2.29. The van der Waals surface area contributed by atoms with Gasteiger partial charge in [-0.1, -0.05) is 23.8 Å². The van der Waals surface area contributed by atoms with Crippen LogP contribution in [0, 0.1) is 20.8 Å². The number of carbonyl (C=O) groups excluding carboxylic acids is 1. The second kappa shape index (κ2) is 5.82. The maximum Gasteiger partial charge on any atom is 0.265 e. The van der Waals surface area contributed by atoms with Crippen LogP contribution in [0.2, 0.25) is 0 Å². The van der Waals surface area contributed by atoms with Gasteiger partial charge in [-0.25, -0.2) is 4.98 Å². The topological polar surface area (TPSA) is 53.4 Å². The zero-order valence-electron chi connectivity index (χ0n) is 13.1. The predicted molar refractivity (Wildman–Crippen MR) is 88.3 cm³/mol. The molecule has 2 heterocycles. The van der Waals surface area contributed by atoms with Crippen LogP contribution in [0.5, 0.6) is 0 Å². The highest BCUT2D eigenvalue weighted by molar-refractivity contribution is 7.17. The van der Waals surface area contributed by atoms with Crippen molar-refractivity contribution in [3.8, 4) is 10.6 Å². The molecule has 1 amide bonds. The van der Waals surface area contributed by atoms with Gasteiger partial charge in [0.1, 0.15) is 9.88 Å². The molecule has 0 radical (unpaired) electrons. The fourth-order valence-corrected chi connectivity index (χ4v) is 3.96. The zero-order valence-corrected chi connectivity index (χ0v) is 13.9. The molecule has 0 spiro atoms. The van der Waals surface area contributed by atoms with Crippen molar-refractivity contribution < 1.29 is 9.90 Å². The van der Waals surface area contributed by atoms with E-state index in [9.17, 15) is 9.90 Å². The van der Waals surface area contributed by atoms with Crippen LogP contribution in [0.3, 0.4) is 0 Å². The molecule has 1 aromatic carbocycles. The predicted octanol–water partition coefficient (Wildman–Crippen LogP) is 2.94. The molecule has 22 heavy (non-hydrogen) atoms. The number of aromatic nitrogens is 1. The fourth-order valence-electron chi connectivity index (χ4n) is 2.83. The Bertz CT molecular complexity index is 723. The first-order valence-electron chi connectivity index (χ1n) is 7.48. The van der Waals surface area contributed by atoms with E-state index in [-0.39, 0.29) is 5.91 Å². The third kappa shape index (κ3) is 2.78. The van der Waals surface area contributed by atoms with Gasteiger partial charge in [-0.2, -0.15) is 0 Å². The number of aryl methyl sites for hydroxylation is 3. The number of benzene rings is 1. The third-order valence-electron chi connectivity index (χ3n) is 4.05. The van der Waals surface area contributed by atoms with E-state index in [0.29, 0.717) is 24.4 Å². The Morgan fingerprint density at radius 3 is 2.77 bits per heavy atom. The van der Waals surface area contributed by atoms with Gasteiger partial charge in [-0.05, 0) is 32.8 Å². The molecule has 1 aliphatic heterocycles. The number of hydrogen-bond donors (Lipinski definition) is 1. The van der Waals surface area contributed by atoms with Crippen molar-refractivity contribution in [1.82, 2.24) is 9.88 Å². The maximum atomic E-state index is 12.6. The van der Waals surface area contributed by atoms with Gasteiger partial charge < -0.3 is 10.0 Å². The Morgan fingerprint density at radius 1 is 1.36 bits per heavy atom. The lowest BCUT2D eigenvalue weighted by molar-refractivity contribution is 0.0769. The van der Waals surface area contributed by atoms with Gasteiger partial charge in [-0.3, -0.25) is 4.79 Å². The molecule has 1 N–H and O–H groups in total. The van der Waals surface area contributed by atoms with Crippen molar-refractivity contribution in [3.05, 3.63) is 39.9 Å². The summed E-state index contributed by atoms with van der Waals surface area (Å²) >= 11 is 1.44. The summed E-state index contributed by atoms with van der Waals surface area (Å²) in [6.45, 7) is 7.06. The minimum Gasteiger partial charge on any atom is -0.391 e. The molecule has 1 atom stereocenters. The molecule has 116 valence electrons. The van der Waals surface area contributed by atoms with Gasteiger partial charge in [0.05, 0.1) is 11.8 Å². The van der Waals surface area contributed by atoms with Crippen LogP contribution in [0.1, 0.15) is 32.9 Å². The summed E-state index contributed by atoms with van der Waals surface area (Å²) in [5.74, 6) is -0.0115. The highest BCUT2D eigenvalue weighted by atomic mass is 32.1. The van der Waals surface area contributed by atoms with Gasteiger partial charge in [0, 0.05) is 18.7 Å². The largest absolute Gasteiger partial charge is 0.391 e. The summed E-state index contributed by atoms with van der Waals surface area (Å²) in [7, 11) is 0. The molecular formula is C17H20N2O2S. The molecule has 0 aliphatic carbocycles. The molecule has 3 rings (SSSR count). The van der Waals surface area contributed by atoms with Gasteiger partial charge in [0.2, 0.25) is 0 Å². The standard InChI is InChI=1S/C17H20N2O2S/c1-10-4-5-14(11(2)8-10)16-18-12(3)15(22-16)17(21)19-7-6-13(20)9-19/h4-5,8,13,20H,6-7,9H2,1-3H3/t13-/m1/s1. The second-order valence-corrected chi connectivity index (χ2v) is 6.94. The van der Waals surface area contributed by atoms with E-state index in [2.05, 4.69) is 37.0 Å². The molecule has 0 saturated carbocycles. The Labute approximate surface area is 134 Å². The maximum absolute atomic E-state index is 12.6. The summed E-state index contributed by atoms with van der Waals surface area (Å²) in [6.07, 6.45) is 0.268. The van der Waals surface area contributed by atoms with Crippen molar-refractivity contribution in [1.29, 1.82) is 0 Å². The quantitative estimate of drug-likeness (QED) is 0.927. The van der Waals surface area contributed by atoms with Gasteiger partial charge >= 0.3 is 0 Å². The number of rotatable bonds is 2. The van der Waals surface area contributed by atoms with Crippen LogP contribution in [0.25, 0.3) is 10.6 Å². The van der Waals surface area contributed by atoms with Gasteiger partial charge in [0.15, 0.2) is 0 Å². The number of aliphatic hydroxyl groups is 1. The molecule has 5 heteroatoms. The molecule has 1 aliphatic rings. The van der Waals surface area contributed by atoms with Crippen LogP contribution in [-0.4, -0.2) is 40.1 Å². The van der Waals surface area contributed by atoms with E-state index in [1.165, 1.54) is 22.5 Å². The average Bonchev–Trinajstić information content (AvgIpc) is 3.04. The summed E-state index contributed by atoms with van der Waals surface area (Å²) < 4.78 is 0. The van der Waals surface area contributed by atoms with E-state index in [4.69, 9.17) is 0 Å². The number of β-amino-alcohol motifs (C(OH)–C–C–N with tert-alkyl or cyclic N) is 1. The van der Waals surface area contributed by atoms with E-state index in [0.717, 1.165) is 16.3 Å². The summed E-state index contributed by atoms with van der Waals surface area (Å²) in [6, 6.07) is 6.26. The van der Waals surface area contributed by atoms with E-state index >= 15 is 0 Å². The van der Waals surface area contributed by atoms with Crippen LogP contribution in [0.4, 0.5) is 0 Å². The third-order valence-corrected chi connectivity index (χ3v) is 5.23. The molecular weight excluding hydrogens is 296 g/mol. The highest BCUT2D eigenvalue weighted by Crippen LogP contribution is 2.31.